The number of H-pyrrole nitrogens is 1. The van der Waals surface area contributed by atoms with E-state index >= 15 is 0 Å². The van der Waals surface area contributed by atoms with Crippen LogP contribution in [0, 0.1) is 0 Å². The van der Waals surface area contributed by atoms with Crippen molar-refractivity contribution in [3.8, 4) is 11.5 Å². The minimum Gasteiger partial charge on any atom is -0.493 e. The molecule has 0 fully saturated rings. The Morgan fingerprint density at radius 2 is 2.05 bits per heavy atom. The molecular formula is C15H18N2O4. The zero-order valence-electron chi connectivity index (χ0n) is 12.3. The van der Waals surface area contributed by atoms with Gasteiger partial charge in [0, 0.05) is 37.5 Å². The number of carbonyl (C=O) groups excluding carboxylic acids is 2. The highest BCUT2D eigenvalue weighted by molar-refractivity contribution is 5.93. The standard InChI is InChI=1S/C15H18N2O4/c1-9(18)16-7-6-11-8-17-12-4-5-13(20-3)15(14(11)12)21-10(2)19/h4-5,8,17H,6-7H2,1-3H3,(H,16,18). The molecule has 1 heterocycles. The fourth-order valence-corrected chi connectivity index (χ4v) is 2.22. The number of nitrogens with one attached hydrogen (secondary N) is 2. The van der Waals surface area contributed by atoms with Gasteiger partial charge in [-0.1, -0.05) is 0 Å². The Morgan fingerprint density at radius 3 is 2.67 bits per heavy atom. The molecule has 0 radical (unpaired) electrons. The van der Waals surface area contributed by atoms with Gasteiger partial charge in [0.25, 0.3) is 0 Å². The number of hydrogen-bond acceptors (Lipinski definition) is 4. The lowest BCUT2D eigenvalue weighted by atomic mass is 10.1. The van der Waals surface area contributed by atoms with E-state index in [1.165, 1.54) is 21.0 Å². The summed E-state index contributed by atoms with van der Waals surface area (Å²) >= 11 is 0. The summed E-state index contributed by atoms with van der Waals surface area (Å²) < 4.78 is 10.6. The molecule has 0 spiro atoms. The second-order valence-electron chi connectivity index (χ2n) is 4.66. The molecule has 1 aromatic carbocycles. The molecule has 0 saturated carbocycles. The molecular weight excluding hydrogens is 272 g/mol. The lowest BCUT2D eigenvalue weighted by molar-refractivity contribution is -0.131. The van der Waals surface area contributed by atoms with Crippen LogP contribution in [0.25, 0.3) is 10.9 Å². The first-order valence-electron chi connectivity index (χ1n) is 6.62. The number of hydrogen-bond donors (Lipinski definition) is 2. The summed E-state index contributed by atoms with van der Waals surface area (Å²) in [5.41, 5.74) is 1.80. The van der Waals surface area contributed by atoms with Crippen LogP contribution in [-0.2, 0) is 16.0 Å². The molecule has 0 aliphatic carbocycles. The van der Waals surface area contributed by atoms with E-state index in [0.29, 0.717) is 24.5 Å². The Bertz CT molecular complexity index is 676. The normalized spacial score (nSPS) is 10.4. The molecule has 112 valence electrons. The quantitative estimate of drug-likeness (QED) is 0.650. The second-order valence-corrected chi connectivity index (χ2v) is 4.66. The highest BCUT2D eigenvalue weighted by Gasteiger charge is 2.16. The first-order valence-corrected chi connectivity index (χ1v) is 6.62. The largest absolute Gasteiger partial charge is 0.493 e. The van der Waals surface area contributed by atoms with E-state index in [9.17, 15) is 9.59 Å². The Hall–Kier alpha value is -2.50. The van der Waals surface area contributed by atoms with Crippen LogP contribution in [-0.4, -0.2) is 30.5 Å². The van der Waals surface area contributed by atoms with Crippen LogP contribution in [0.4, 0.5) is 0 Å². The molecule has 21 heavy (non-hydrogen) atoms. The van der Waals surface area contributed by atoms with Crippen molar-refractivity contribution in [2.45, 2.75) is 20.3 Å². The van der Waals surface area contributed by atoms with Crippen molar-refractivity contribution in [2.75, 3.05) is 13.7 Å². The number of carbonyl (C=O) groups is 2. The average molecular weight is 290 g/mol. The number of amides is 1. The summed E-state index contributed by atoms with van der Waals surface area (Å²) in [7, 11) is 1.53. The molecule has 6 heteroatoms. The molecule has 0 aliphatic heterocycles. The maximum Gasteiger partial charge on any atom is 0.308 e. The number of ether oxygens (including phenoxy) is 2. The number of methoxy groups -OCH3 is 1. The molecule has 2 N–H and O–H groups in total. The van der Waals surface area contributed by atoms with Crippen molar-refractivity contribution >= 4 is 22.8 Å². The zero-order valence-corrected chi connectivity index (χ0v) is 12.3. The Labute approximate surface area is 122 Å². The van der Waals surface area contributed by atoms with Crippen molar-refractivity contribution in [2.24, 2.45) is 0 Å². The molecule has 0 bridgehead atoms. The lowest BCUT2D eigenvalue weighted by Gasteiger charge is -2.10. The second kappa shape index (κ2) is 6.30. The van der Waals surface area contributed by atoms with Crippen molar-refractivity contribution < 1.29 is 19.1 Å². The van der Waals surface area contributed by atoms with Crippen molar-refractivity contribution in [3.05, 3.63) is 23.9 Å². The van der Waals surface area contributed by atoms with Gasteiger partial charge in [-0.25, -0.2) is 0 Å². The van der Waals surface area contributed by atoms with Crippen LogP contribution < -0.4 is 14.8 Å². The molecule has 0 unspecified atom stereocenters. The van der Waals surface area contributed by atoms with Crippen LogP contribution >= 0.6 is 0 Å². The Kier molecular flexibility index (Phi) is 4.47. The summed E-state index contributed by atoms with van der Waals surface area (Å²) in [6.45, 7) is 3.34. The minimum absolute atomic E-state index is 0.0763. The molecule has 0 atom stereocenters. The van der Waals surface area contributed by atoms with Gasteiger partial charge >= 0.3 is 5.97 Å². The third-order valence-corrected chi connectivity index (χ3v) is 3.08. The third kappa shape index (κ3) is 3.34. The predicted molar refractivity (Wildman–Crippen MR) is 78.5 cm³/mol. The van der Waals surface area contributed by atoms with E-state index in [-0.39, 0.29) is 5.91 Å². The van der Waals surface area contributed by atoms with Gasteiger partial charge in [-0.05, 0) is 24.1 Å². The average Bonchev–Trinajstić information content (AvgIpc) is 2.82. The molecule has 6 nitrogen and oxygen atoms in total. The molecule has 1 aromatic heterocycles. The molecule has 2 aromatic rings. The predicted octanol–water partition coefficient (Wildman–Crippen LogP) is 1.78. The first kappa shape index (κ1) is 14.9. The molecule has 0 saturated heterocycles. The van der Waals surface area contributed by atoms with Crippen molar-refractivity contribution in [3.63, 3.8) is 0 Å². The van der Waals surface area contributed by atoms with Gasteiger partial charge in [0.05, 0.1) is 7.11 Å². The monoisotopic (exact) mass is 290 g/mol. The van der Waals surface area contributed by atoms with Gasteiger partial charge in [0.2, 0.25) is 5.91 Å². The Balaban J connectivity index is 2.42. The number of esters is 1. The fraction of sp³-hybridized carbons (Fsp3) is 0.333. The van der Waals surface area contributed by atoms with Gasteiger partial charge in [-0.15, -0.1) is 0 Å². The van der Waals surface area contributed by atoms with Crippen molar-refractivity contribution in [1.29, 1.82) is 0 Å². The molecule has 0 aliphatic rings. The van der Waals surface area contributed by atoms with E-state index in [1.54, 1.807) is 6.07 Å². The number of aromatic amines is 1. The summed E-state index contributed by atoms with van der Waals surface area (Å²) in [5, 5.41) is 3.55. The van der Waals surface area contributed by atoms with Crippen LogP contribution in [0.5, 0.6) is 11.5 Å². The Morgan fingerprint density at radius 1 is 1.29 bits per heavy atom. The maximum absolute atomic E-state index is 11.3. The van der Waals surface area contributed by atoms with Gasteiger partial charge < -0.3 is 19.8 Å². The van der Waals surface area contributed by atoms with Gasteiger partial charge in [-0.2, -0.15) is 0 Å². The van der Waals surface area contributed by atoms with Crippen LogP contribution in [0.3, 0.4) is 0 Å². The fourth-order valence-electron chi connectivity index (χ4n) is 2.22. The summed E-state index contributed by atoms with van der Waals surface area (Å²) in [6.07, 6.45) is 2.47. The van der Waals surface area contributed by atoms with Crippen LogP contribution in [0.15, 0.2) is 18.3 Å². The van der Waals surface area contributed by atoms with Crippen molar-refractivity contribution in [1.82, 2.24) is 10.3 Å². The summed E-state index contributed by atoms with van der Waals surface area (Å²) in [5.74, 6) is 0.419. The van der Waals surface area contributed by atoms with E-state index in [2.05, 4.69) is 10.3 Å². The first-order chi connectivity index (χ1) is 10.0. The van der Waals surface area contributed by atoms with E-state index < -0.39 is 5.97 Å². The number of rotatable bonds is 5. The zero-order chi connectivity index (χ0) is 15.4. The highest BCUT2D eigenvalue weighted by atomic mass is 16.6. The number of benzene rings is 1. The SMILES string of the molecule is COc1ccc2[nH]cc(CCNC(C)=O)c2c1OC(C)=O. The van der Waals surface area contributed by atoms with Crippen LogP contribution in [0.1, 0.15) is 19.4 Å². The van der Waals surface area contributed by atoms with Crippen LogP contribution in [0.2, 0.25) is 0 Å². The lowest BCUT2D eigenvalue weighted by Crippen LogP contribution is -2.22. The number of fused-ring (bicyclic) bond motifs is 1. The smallest absolute Gasteiger partial charge is 0.308 e. The summed E-state index contributed by atoms with van der Waals surface area (Å²) in [4.78, 5) is 25.4. The highest BCUT2D eigenvalue weighted by Crippen LogP contribution is 2.37. The van der Waals surface area contributed by atoms with E-state index in [4.69, 9.17) is 9.47 Å². The third-order valence-electron chi connectivity index (χ3n) is 3.08. The topological polar surface area (TPSA) is 80.4 Å². The van der Waals surface area contributed by atoms with E-state index in [0.717, 1.165) is 16.5 Å². The maximum atomic E-state index is 11.3. The molecule has 1 amide bonds. The van der Waals surface area contributed by atoms with Gasteiger partial charge in [-0.3, -0.25) is 9.59 Å². The van der Waals surface area contributed by atoms with Gasteiger partial charge in [0.15, 0.2) is 11.5 Å². The van der Waals surface area contributed by atoms with Gasteiger partial charge in [0.1, 0.15) is 0 Å². The summed E-state index contributed by atoms with van der Waals surface area (Å²) in [6, 6.07) is 3.61. The van der Waals surface area contributed by atoms with E-state index in [1.807, 2.05) is 12.3 Å². The molecule has 2 rings (SSSR count). The number of aromatic nitrogens is 1. The minimum atomic E-state index is -0.408.